The van der Waals surface area contributed by atoms with Crippen molar-refractivity contribution in [3.63, 3.8) is 0 Å². The van der Waals surface area contributed by atoms with Gasteiger partial charge in [-0.2, -0.15) is 5.10 Å². The van der Waals surface area contributed by atoms with Crippen molar-refractivity contribution < 1.29 is 4.79 Å². The number of aromatic amines is 1. The molecule has 0 saturated carbocycles. The zero-order chi connectivity index (χ0) is 26.7. The Balaban J connectivity index is 1.39. The summed E-state index contributed by atoms with van der Waals surface area (Å²) < 4.78 is 1.56. The molecule has 0 aliphatic rings. The minimum Gasteiger partial charge on any atom is -0.356 e. The third-order valence-electron chi connectivity index (χ3n) is 6.93. The van der Waals surface area contributed by atoms with E-state index in [9.17, 15) is 4.79 Å². The van der Waals surface area contributed by atoms with Crippen molar-refractivity contribution in [1.82, 2.24) is 25.1 Å². The average Bonchev–Trinajstić information content (AvgIpc) is 3.41. The number of nitrogens with one attached hydrogen (secondary N) is 2. The fourth-order valence-corrected chi connectivity index (χ4v) is 5.18. The first-order chi connectivity index (χ1) is 17.8. The third-order valence-corrected chi connectivity index (χ3v) is 7.29. The van der Waals surface area contributed by atoms with Gasteiger partial charge >= 0.3 is 0 Å². The van der Waals surface area contributed by atoms with Gasteiger partial charge in [0.15, 0.2) is 11.5 Å². The summed E-state index contributed by atoms with van der Waals surface area (Å²) in [6.07, 6.45) is 16.1. The number of unbranched alkanes of at least 4 members (excludes halogenated alkanes) is 11. The number of amides is 1. The predicted molar refractivity (Wildman–Crippen MR) is 154 cm³/mol. The van der Waals surface area contributed by atoms with Gasteiger partial charge in [0, 0.05) is 17.5 Å². The van der Waals surface area contributed by atoms with Crippen molar-refractivity contribution in [2.45, 2.75) is 117 Å². The molecule has 0 aliphatic carbocycles. The first-order valence-corrected chi connectivity index (χ1v) is 14.7. The Bertz CT molecular complexity index is 1110. The molecule has 0 bridgehead atoms. The van der Waals surface area contributed by atoms with Gasteiger partial charge in [0.1, 0.15) is 5.02 Å². The average molecular weight is 528 g/mol. The van der Waals surface area contributed by atoms with Gasteiger partial charge in [-0.3, -0.25) is 4.79 Å². The number of nitrogens with zero attached hydrogens (tertiary/aromatic N) is 3. The molecule has 7 heteroatoms. The van der Waals surface area contributed by atoms with Crippen molar-refractivity contribution in [3.8, 4) is 11.4 Å². The van der Waals surface area contributed by atoms with Crippen LogP contribution in [0.5, 0.6) is 0 Å². The molecule has 3 rings (SSSR count). The number of carbonyl (C=O) groups excluding carboxylic acids is 1. The lowest BCUT2D eigenvalue weighted by atomic mass is 9.92. The second-order valence-electron chi connectivity index (χ2n) is 11.3. The van der Waals surface area contributed by atoms with E-state index < -0.39 is 0 Å². The first-order valence-electron chi connectivity index (χ1n) is 14.3. The fourth-order valence-electron chi connectivity index (χ4n) is 4.73. The Kier molecular flexibility index (Phi) is 11.5. The molecule has 0 fully saturated rings. The van der Waals surface area contributed by atoms with Gasteiger partial charge in [0.2, 0.25) is 5.91 Å². The number of rotatable bonds is 16. The van der Waals surface area contributed by atoms with Crippen LogP contribution in [0.2, 0.25) is 5.02 Å². The lowest BCUT2D eigenvalue weighted by Gasteiger charge is -2.14. The monoisotopic (exact) mass is 527 g/mol. The second kappa shape index (κ2) is 14.6. The number of hydrogen-bond acceptors (Lipinski definition) is 3. The van der Waals surface area contributed by atoms with Crippen molar-refractivity contribution >= 4 is 23.2 Å². The lowest BCUT2D eigenvalue weighted by Crippen LogP contribution is -2.26. The Morgan fingerprint density at radius 1 is 0.919 bits per heavy atom. The van der Waals surface area contributed by atoms with Gasteiger partial charge in [-0.1, -0.05) is 134 Å². The lowest BCUT2D eigenvalue weighted by molar-refractivity contribution is -0.120. The summed E-state index contributed by atoms with van der Waals surface area (Å²) in [6.45, 7) is 9.23. The van der Waals surface area contributed by atoms with Gasteiger partial charge in [-0.15, -0.1) is 9.73 Å². The van der Waals surface area contributed by atoms with E-state index in [4.69, 9.17) is 11.6 Å². The van der Waals surface area contributed by atoms with Gasteiger partial charge in [-0.25, -0.2) is 0 Å². The maximum Gasteiger partial charge on any atom is 0.224 e. The second-order valence-corrected chi connectivity index (χ2v) is 11.7. The number of carbonyl (C=O) groups is 1. The molecule has 0 unspecified atom stereocenters. The van der Waals surface area contributed by atoms with E-state index in [0.717, 1.165) is 29.8 Å². The van der Waals surface area contributed by atoms with Crippen molar-refractivity contribution in [3.05, 3.63) is 40.5 Å². The van der Waals surface area contributed by atoms with Crippen LogP contribution in [0.25, 0.3) is 17.0 Å². The maximum atomic E-state index is 12.6. The molecule has 0 radical (unpaired) electrons. The molecular weight excluding hydrogens is 482 g/mol. The molecule has 1 aromatic carbocycles. The van der Waals surface area contributed by atoms with E-state index in [1.165, 1.54) is 70.6 Å². The number of H-pyrrole nitrogens is 1. The van der Waals surface area contributed by atoms with Crippen LogP contribution in [-0.4, -0.2) is 32.3 Å². The highest BCUT2D eigenvalue weighted by molar-refractivity contribution is 6.34. The fraction of sp³-hybridized carbons (Fsp3) is 0.633. The minimum atomic E-state index is -0.171. The largest absolute Gasteiger partial charge is 0.356 e. The van der Waals surface area contributed by atoms with Crippen molar-refractivity contribution in [2.75, 3.05) is 6.54 Å². The number of halogens is 1. The highest BCUT2D eigenvalue weighted by Gasteiger charge is 2.25. The molecule has 0 aliphatic heterocycles. The summed E-state index contributed by atoms with van der Waals surface area (Å²) in [5, 5.41) is 12.9. The van der Waals surface area contributed by atoms with Crippen LogP contribution in [0.3, 0.4) is 0 Å². The van der Waals surface area contributed by atoms with E-state index in [0.29, 0.717) is 22.9 Å². The smallest absolute Gasteiger partial charge is 0.224 e. The molecular formula is C30H46ClN5O. The van der Waals surface area contributed by atoms with E-state index >= 15 is 0 Å². The van der Waals surface area contributed by atoms with Gasteiger partial charge in [0.05, 0.1) is 12.1 Å². The summed E-state index contributed by atoms with van der Waals surface area (Å²) in [7, 11) is 0. The maximum absolute atomic E-state index is 12.6. The molecule has 1 amide bonds. The SMILES string of the molecule is CCCCCCCCCCCCCCNC(=O)Cc1ccccc1-c1nn2nc(C(C)(C)C)c(Cl)c2[nH]1. The molecule has 3 aromatic rings. The van der Waals surface area contributed by atoms with Gasteiger partial charge < -0.3 is 10.3 Å². The van der Waals surface area contributed by atoms with Crippen LogP contribution >= 0.6 is 11.6 Å². The van der Waals surface area contributed by atoms with Crippen molar-refractivity contribution in [2.24, 2.45) is 0 Å². The number of fused-ring (bicyclic) bond motifs is 1. The van der Waals surface area contributed by atoms with E-state index in [1.807, 2.05) is 24.3 Å². The predicted octanol–water partition coefficient (Wildman–Crippen LogP) is 8.04. The molecule has 6 nitrogen and oxygen atoms in total. The molecule has 0 atom stereocenters. The highest BCUT2D eigenvalue weighted by Crippen LogP contribution is 2.32. The van der Waals surface area contributed by atoms with Crippen LogP contribution in [0.1, 0.15) is 116 Å². The summed E-state index contributed by atoms with van der Waals surface area (Å²) in [6, 6.07) is 7.86. The van der Waals surface area contributed by atoms with Crippen LogP contribution in [0, 0.1) is 0 Å². The molecule has 0 saturated heterocycles. The molecule has 2 aromatic heterocycles. The molecule has 2 N–H and O–H groups in total. The zero-order valence-electron chi connectivity index (χ0n) is 23.3. The van der Waals surface area contributed by atoms with Crippen LogP contribution < -0.4 is 5.32 Å². The van der Waals surface area contributed by atoms with Crippen LogP contribution in [-0.2, 0) is 16.6 Å². The standard InChI is InChI=1S/C30H46ClN5O/c1-5-6-7-8-9-10-11-12-13-14-15-18-21-32-25(37)22-23-19-16-17-20-24(23)28-33-29-26(31)27(30(2,3)4)34-36(29)35-28/h16-17,19-20H,5-15,18,21-22H2,1-4H3,(H,32,37)(H,33,35). The minimum absolute atomic E-state index is 0.0416. The quantitative estimate of drug-likeness (QED) is 0.185. The number of benzene rings is 1. The topological polar surface area (TPSA) is 75.1 Å². The Labute approximate surface area is 228 Å². The summed E-state index contributed by atoms with van der Waals surface area (Å²) in [5.41, 5.74) is 3.13. The first kappa shape index (κ1) is 29.2. The molecule has 2 heterocycles. The normalized spacial score (nSPS) is 11.9. The zero-order valence-corrected chi connectivity index (χ0v) is 24.1. The van der Waals surface area contributed by atoms with E-state index in [-0.39, 0.29) is 11.3 Å². The summed E-state index contributed by atoms with van der Waals surface area (Å²) in [4.78, 5) is 16.0. The third kappa shape index (κ3) is 8.87. The van der Waals surface area contributed by atoms with Gasteiger partial charge in [0.25, 0.3) is 0 Å². The molecule has 0 spiro atoms. The summed E-state index contributed by atoms with van der Waals surface area (Å²) >= 11 is 6.59. The Morgan fingerprint density at radius 2 is 1.51 bits per heavy atom. The molecule has 37 heavy (non-hydrogen) atoms. The Morgan fingerprint density at radius 3 is 2.11 bits per heavy atom. The number of hydrogen-bond donors (Lipinski definition) is 2. The highest BCUT2D eigenvalue weighted by atomic mass is 35.5. The van der Waals surface area contributed by atoms with Crippen LogP contribution in [0.4, 0.5) is 0 Å². The van der Waals surface area contributed by atoms with E-state index in [2.05, 4.69) is 48.2 Å². The molecule has 204 valence electrons. The Hall–Kier alpha value is -2.34. The number of aromatic nitrogens is 4. The van der Waals surface area contributed by atoms with Crippen molar-refractivity contribution in [1.29, 1.82) is 0 Å². The van der Waals surface area contributed by atoms with Gasteiger partial charge in [-0.05, 0) is 12.0 Å². The summed E-state index contributed by atoms with van der Waals surface area (Å²) in [5.74, 6) is 0.703. The van der Waals surface area contributed by atoms with E-state index in [1.54, 1.807) is 4.63 Å². The van der Waals surface area contributed by atoms with Crippen LogP contribution in [0.15, 0.2) is 24.3 Å².